The lowest BCUT2D eigenvalue weighted by Gasteiger charge is -2.07. The molecule has 1 aromatic heterocycles. The van der Waals surface area contributed by atoms with E-state index < -0.39 is 5.91 Å². The monoisotopic (exact) mass is 261 g/mol. The summed E-state index contributed by atoms with van der Waals surface area (Å²) in [5.74, 6) is -0.540. The van der Waals surface area contributed by atoms with Crippen LogP contribution in [0.3, 0.4) is 0 Å². The maximum atomic E-state index is 11.0. The number of hydrogen-bond acceptors (Lipinski definition) is 3. The van der Waals surface area contributed by atoms with E-state index in [2.05, 4.69) is 10.3 Å². The molecule has 0 saturated carbocycles. The number of aromatic nitrogens is 1. The van der Waals surface area contributed by atoms with E-state index in [1.54, 1.807) is 18.3 Å². The van der Waals surface area contributed by atoms with Crippen LogP contribution in [-0.4, -0.2) is 10.9 Å². The number of halogens is 1. The Balaban J connectivity index is 2.06. The number of hydrogen-bond donors (Lipinski definition) is 2. The number of pyridine rings is 1. The molecular formula is C13H12ClN3O. The first kappa shape index (κ1) is 12.4. The molecule has 18 heavy (non-hydrogen) atoms. The van der Waals surface area contributed by atoms with Crippen LogP contribution in [0.25, 0.3) is 0 Å². The van der Waals surface area contributed by atoms with Gasteiger partial charge in [0.15, 0.2) is 0 Å². The topological polar surface area (TPSA) is 68.0 Å². The molecule has 2 rings (SSSR count). The van der Waals surface area contributed by atoms with Gasteiger partial charge in [-0.3, -0.25) is 9.78 Å². The van der Waals surface area contributed by atoms with Crippen LogP contribution in [0, 0.1) is 0 Å². The average molecular weight is 262 g/mol. The van der Waals surface area contributed by atoms with Crippen LogP contribution >= 0.6 is 11.6 Å². The van der Waals surface area contributed by atoms with Crippen LogP contribution in [0.4, 0.5) is 5.69 Å². The molecule has 0 bridgehead atoms. The van der Waals surface area contributed by atoms with Gasteiger partial charge in [0, 0.05) is 23.5 Å². The SMILES string of the molecule is NC(=O)c1cc(NCc2cccc(Cl)c2)ccn1. The van der Waals surface area contributed by atoms with Crippen LogP contribution in [0.5, 0.6) is 0 Å². The summed E-state index contributed by atoms with van der Waals surface area (Å²) in [6, 6.07) is 11.0. The van der Waals surface area contributed by atoms with Gasteiger partial charge in [-0.25, -0.2) is 0 Å². The minimum atomic E-state index is -0.540. The minimum Gasteiger partial charge on any atom is -0.381 e. The van der Waals surface area contributed by atoms with Crippen LogP contribution in [0.15, 0.2) is 42.6 Å². The summed E-state index contributed by atoms with van der Waals surface area (Å²) < 4.78 is 0. The molecule has 5 heteroatoms. The Labute approximate surface area is 110 Å². The lowest BCUT2D eigenvalue weighted by molar-refractivity contribution is 0.0995. The molecule has 0 fully saturated rings. The quantitative estimate of drug-likeness (QED) is 0.888. The van der Waals surface area contributed by atoms with Crippen molar-refractivity contribution in [3.05, 3.63) is 58.9 Å². The van der Waals surface area contributed by atoms with Gasteiger partial charge in [-0.1, -0.05) is 23.7 Å². The zero-order valence-corrected chi connectivity index (χ0v) is 10.3. The van der Waals surface area contributed by atoms with Gasteiger partial charge in [-0.05, 0) is 29.8 Å². The molecule has 0 unspecified atom stereocenters. The largest absolute Gasteiger partial charge is 0.381 e. The number of amides is 1. The van der Waals surface area contributed by atoms with Gasteiger partial charge in [-0.2, -0.15) is 0 Å². The van der Waals surface area contributed by atoms with Crippen molar-refractivity contribution >= 4 is 23.2 Å². The molecule has 1 heterocycles. The first-order chi connectivity index (χ1) is 8.65. The first-order valence-electron chi connectivity index (χ1n) is 5.39. The second-order valence-electron chi connectivity index (χ2n) is 3.78. The van der Waals surface area contributed by atoms with Crippen molar-refractivity contribution in [1.82, 2.24) is 4.98 Å². The Morgan fingerprint density at radius 1 is 1.33 bits per heavy atom. The summed E-state index contributed by atoms with van der Waals surface area (Å²) in [6.45, 7) is 0.614. The lowest BCUT2D eigenvalue weighted by atomic mass is 10.2. The molecule has 0 aliphatic heterocycles. The smallest absolute Gasteiger partial charge is 0.267 e. The highest BCUT2D eigenvalue weighted by Crippen LogP contribution is 2.13. The summed E-state index contributed by atoms with van der Waals surface area (Å²) in [6.07, 6.45) is 1.54. The summed E-state index contributed by atoms with van der Waals surface area (Å²) in [7, 11) is 0. The zero-order chi connectivity index (χ0) is 13.0. The fourth-order valence-electron chi connectivity index (χ4n) is 1.53. The number of nitrogens with two attached hydrogens (primary N) is 1. The van der Waals surface area contributed by atoms with E-state index >= 15 is 0 Å². The Hall–Kier alpha value is -2.07. The number of nitrogens with zero attached hydrogens (tertiary/aromatic N) is 1. The number of rotatable bonds is 4. The molecule has 0 saturated heterocycles. The Bertz CT molecular complexity index is 572. The van der Waals surface area contributed by atoms with Crippen LogP contribution in [-0.2, 0) is 6.54 Å². The fraction of sp³-hybridized carbons (Fsp3) is 0.0769. The molecule has 0 radical (unpaired) electrons. The first-order valence-corrected chi connectivity index (χ1v) is 5.77. The van der Waals surface area contributed by atoms with Crippen molar-refractivity contribution in [2.24, 2.45) is 5.73 Å². The van der Waals surface area contributed by atoms with E-state index in [1.807, 2.05) is 24.3 Å². The van der Waals surface area contributed by atoms with E-state index in [0.29, 0.717) is 11.6 Å². The van der Waals surface area contributed by atoms with Gasteiger partial charge >= 0.3 is 0 Å². The van der Waals surface area contributed by atoms with Crippen molar-refractivity contribution in [2.45, 2.75) is 6.54 Å². The Kier molecular flexibility index (Phi) is 3.79. The van der Waals surface area contributed by atoms with Crippen LogP contribution in [0.1, 0.15) is 16.1 Å². The molecule has 1 amide bonds. The van der Waals surface area contributed by atoms with Gasteiger partial charge in [0.1, 0.15) is 5.69 Å². The standard InChI is InChI=1S/C13H12ClN3O/c14-10-3-1-2-9(6-10)8-17-11-4-5-16-12(7-11)13(15)18/h1-7H,8H2,(H2,15,18)(H,16,17). The van der Waals surface area contributed by atoms with Gasteiger partial charge in [0.2, 0.25) is 0 Å². The second-order valence-corrected chi connectivity index (χ2v) is 4.21. The van der Waals surface area contributed by atoms with E-state index in [0.717, 1.165) is 11.3 Å². The molecule has 4 nitrogen and oxygen atoms in total. The van der Waals surface area contributed by atoms with Crippen molar-refractivity contribution in [2.75, 3.05) is 5.32 Å². The second kappa shape index (κ2) is 5.51. The molecule has 3 N–H and O–H groups in total. The Morgan fingerprint density at radius 3 is 2.89 bits per heavy atom. The van der Waals surface area contributed by atoms with E-state index in [4.69, 9.17) is 17.3 Å². The predicted octanol–water partition coefficient (Wildman–Crippen LogP) is 2.45. The average Bonchev–Trinajstić information content (AvgIpc) is 2.37. The number of carbonyl (C=O) groups excluding carboxylic acids is 1. The summed E-state index contributed by atoms with van der Waals surface area (Å²) >= 11 is 5.89. The normalized spacial score (nSPS) is 10.1. The molecule has 92 valence electrons. The maximum absolute atomic E-state index is 11.0. The third-order valence-corrected chi connectivity index (χ3v) is 2.63. The van der Waals surface area contributed by atoms with Crippen molar-refractivity contribution in [3.63, 3.8) is 0 Å². The highest BCUT2D eigenvalue weighted by Gasteiger charge is 2.02. The molecule has 0 aliphatic carbocycles. The zero-order valence-electron chi connectivity index (χ0n) is 9.56. The van der Waals surface area contributed by atoms with Crippen molar-refractivity contribution < 1.29 is 4.79 Å². The third-order valence-electron chi connectivity index (χ3n) is 2.40. The fourth-order valence-corrected chi connectivity index (χ4v) is 1.74. The molecule has 2 aromatic rings. The summed E-state index contributed by atoms with van der Waals surface area (Å²) in [4.78, 5) is 14.9. The molecule has 0 aliphatic rings. The molecule has 0 atom stereocenters. The van der Waals surface area contributed by atoms with Gasteiger partial charge in [0.05, 0.1) is 0 Å². The number of anilines is 1. The van der Waals surface area contributed by atoms with E-state index in [1.165, 1.54) is 0 Å². The third kappa shape index (κ3) is 3.21. The van der Waals surface area contributed by atoms with Gasteiger partial charge in [0.25, 0.3) is 5.91 Å². The van der Waals surface area contributed by atoms with E-state index in [9.17, 15) is 4.79 Å². The minimum absolute atomic E-state index is 0.242. The van der Waals surface area contributed by atoms with Crippen LogP contribution in [0.2, 0.25) is 5.02 Å². The number of carbonyl (C=O) groups is 1. The predicted molar refractivity (Wildman–Crippen MR) is 71.5 cm³/mol. The molecule has 1 aromatic carbocycles. The Morgan fingerprint density at radius 2 is 2.17 bits per heavy atom. The maximum Gasteiger partial charge on any atom is 0.267 e. The van der Waals surface area contributed by atoms with Crippen LogP contribution < -0.4 is 11.1 Å². The number of primary amides is 1. The summed E-state index contributed by atoms with van der Waals surface area (Å²) in [5, 5.41) is 3.87. The number of nitrogens with one attached hydrogen (secondary N) is 1. The molecular weight excluding hydrogens is 250 g/mol. The molecule has 0 spiro atoms. The van der Waals surface area contributed by atoms with Crippen molar-refractivity contribution in [1.29, 1.82) is 0 Å². The van der Waals surface area contributed by atoms with Gasteiger partial charge in [-0.15, -0.1) is 0 Å². The number of benzene rings is 1. The highest BCUT2D eigenvalue weighted by atomic mass is 35.5. The van der Waals surface area contributed by atoms with Crippen molar-refractivity contribution in [3.8, 4) is 0 Å². The van der Waals surface area contributed by atoms with Gasteiger partial charge < -0.3 is 11.1 Å². The van der Waals surface area contributed by atoms with E-state index in [-0.39, 0.29) is 5.69 Å². The highest BCUT2D eigenvalue weighted by molar-refractivity contribution is 6.30. The lowest BCUT2D eigenvalue weighted by Crippen LogP contribution is -2.13. The summed E-state index contributed by atoms with van der Waals surface area (Å²) in [5.41, 5.74) is 7.25.